The molecule has 2 aliphatic heterocycles. The van der Waals surface area contributed by atoms with Gasteiger partial charge in [0.25, 0.3) is 0 Å². The highest BCUT2D eigenvalue weighted by atomic mass is 79.9. The number of amides is 1. The van der Waals surface area contributed by atoms with E-state index in [9.17, 15) is 14.4 Å². The highest BCUT2D eigenvalue weighted by Gasteiger charge is 2.36. The van der Waals surface area contributed by atoms with E-state index in [4.69, 9.17) is 112 Å². The van der Waals surface area contributed by atoms with Gasteiger partial charge in [0.1, 0.15) is 34.7 Å². The highest BCUT2D eigenvalue weighted by molar-refractivity contribution is 9.10. The van der Waals surface area contributed by atoms with Crippen LogP contribution >= 0.6 is 97.1 Å². The fourth-order valence-corrected chi connectivity index (χ4v) is 22.2. The number of likely N-dealkylation sites (tertiary alicyclic amines) is 2. The van der Waals surface area contributed by atoms with Crippen molar-refractivity contribution < 1.29 is 13.9 Å². The van der Waals surface area contributed by atoms with Crippen LogP contribution in [0.5, 0.6) is 0 Å². The molecule has 5 atom stereocenters. The summed E-state index contributed by atoms with van der Waals surface area (Å²) in [5.74, 6) is 3.57. The number of hydrogen-bond acceptors (Lipinski definition) is 18. The molecule has 0 saturated carbocycles. The summed E-state index contributed by atoms with van der Waals surface area (Å²) < 4.78 is 19.8. The number of piperidine rings is 2. The number of benzene rings is 10. The van der Waals surface area contributed by atoms with E-state index < -0.39 is 5.60 Å². The molecular weight excluding hydrogens is 2010 g/mol. The number of fused-ring (bicyclic) bond motifs is 15. The van der Waals surface area contributed by atoms with Crippen LogP contribution in [0.25, 0.3) is 56.0 Å². The van der Waals surface area contributed by atoms with E-state index in [0.717, 1.165) is 188 Å². The minimum Gasteiger partial charge on any atom is -0.444 e. The number of nitrogens with two attached hydrogens (primary N) is 2. The van der Waals surface area contributed by atoms with Crippen LogP contribution in [0, 0.1) is 17.1 Å². The summed E-state index contributed by atoms with van der Waals surface area (Å²) in [6.07, 6.45) is 21.2. The lowest BCUT2D eigenvalue weighted by Crippen LogP contribution is -2.44. The largest absolute Gasteiger partial charge is 0.444 e. The first kappa shape index (κ1) is 102. The fraction of sp³-hybridized carbons (Fsp3) is 0.276. The lowest BCUT2D eigenvalue weighted by Gasteiger charge is -2.34. The molecule has 15 aromatic rings. The topological polar surface area (TPSA) is 251 Å². The van der Waals surface area contributed by atoms with Gasteiger partial charge in [-0.1, -0.05) is 251 Å². The van der Waals surface area contributed by atoms with Crippen LogP contribution in [-0.2, 0) is 36.8 Å². The number of ether oxygens (including phenoxy) is 1. The van der Waals surface area contributed by atoms with Crippen LogP contribution < -0.4 is 27.4 Å². The molecule has 2 saturated heterocycles. The van der Waals surface area contributed by atoms with Gasteiger partial charge < -0.3 is 46.9 Å². The van der Waals surface area contributed by atoms with Gasteiger partial charge in [-0.15, -0.1) is 0 Å². The molecule has 22 rings (SSSR count). The van der Waals surface area contributed by atoms with Crippen molar-refractivity contribution in [2.75, 3.05) is 93.9 Å². The number of nitrogen functional groups attached to an aromatic ring is 2. The zero-order valence-electron chi connectivity index (χ0n) is 80.6. The zero-order valence-corrected chi connectivity index (χ0v) is 87.5. The van der Waals surface area contributed by atoms with E-state index in [-0.39, 0.29) is 53.4 Å². The monoisotopic (exact) mass is 2120 g/mol. The third-order valence-electron chi connectivity index (χ3n) is 27.6. The van der Waals surface area contributed by atoms with Crippen LogP contribution in [0.15, 0.2) is 260 Å². The first-order valence-electron chi connectivity index (χ1n) is 48.8. The predicted octanol–water partition coefficient (Wildman–Crippen LogP) is 28.3. The van der Waals surface area contributed by atoms with E-state index in [1.807, 2.05) is 143 Å². The van der Waals surface area contributed by atoms with E-state index in [2.05, 4.69) is 202 Å². The first-order valence-corrected chi connectivity index (χ1v) is 52.3. The van der Waals surface area contributed by atoms with Gasteiger partial charge in [-0.3, -0.25) is 0 Å². The van der Waals surface area contributed by atoms with Gasteiger partial charge in [0, 0.05) is 126 Å². The number of halogens is 9. The van der Waals surface area contributed by atoms with Crippen molar-refractivity contribution in [3.63, 3.8) is 0 Å². The Balaban J connectivity index is 0.000000119. The minimum atomic E-state index is -0.488. The third kappa shape index (κ3) is 23.7. The van der Waals surface area contributed by atoms with Crippen molar-refractivity contribution in [2.24, 2.45) is 0 Å². The zero-order chi connectivity index (χ0) is 100. The minimum absolute atomic E-state index is 0.156. The molecule has 0 bridgehead atoms. The molecular formula is C116H110BrCl7FN17O2. The molecule has 734 valence electrons. The van der Waals surface area contributed by atoms with E-state index in [1.54, 1.807) is 23.2 Å². The van der Waals surface area contributed by atoms with E-state index >= 15 is 0 Å². The molecule has 2 fully saturated rings. The normalized spacial score (nSPS) is 16.6. The molecule has 5 aromatic heterocycles. The number of nitriles is 1. The van der Waals surface area contributed by atoms with Crippen molar-refractivity contribution in [3.8, 4) is 62.1 Å². The Labute approximate surface area is 884 Å². The molecule has 28 heteroatoms. The summed E-state index contributed by atoms with van der Waals surface area (Å²) in [6, 6.07) is 76.7. The number of pyridine rings is 2. The molecule has 7 N–H and O–H groups in total. The quantitative estimate of drug-likeness (QED) is 0.0531. The van der Waals surface area contributed by atoms with Crippen LogP contribution in [0.3, 0.4) is 0 Å². The standard InChI is InChI=1S/C28H30Cl2N4O2.C26H29FN4.C23H24Cl2N4.C20H14ClN3.C19H13BrCl2N2/c1-28(2,3)36-27(35)34-12-10-19(11-13-34)32-26-31-16-18-14-22(17-8-9-23(29)24(30)15-17)20-6-4-5-7-21(20)25(18)33-26;27-21-11-9-19(10-12-21)24-17-20-18-29-26(28-13-6-16-31-14-4-1-5-15-31)30-25(20)23-8-3-2-7-22(23)24;1-29(2)11-5-10-26-23-27-14-16-12-19(15-8-9-20(24)21(25)13-15)17-6-3-4-7-18(17)22(16)28-23;21-14-7-5-12(6-8-14)17-9-13-11-24-20(23)18(10-22)19(13)16-4-2-1-3-15(16)17;20-18-17-11(9-24-19(18)23)7-14(12-3-1-2-4-13(12)17)10-5-6-15(21)16(22)8-10/h4-9,15-16,19,22H,10-14H2,1-3H3,(H,31,32,33);2-3,7-12,18,24H,1,4-6,13-17H2,(H,28,29,30);3-4,6-9,13-14,19H,5,10-12H2,1-2H3,(H,26,27,28);1-8,11,17H,9H2,(H2,23,24);1-6,8-9,14H,7H2,(H2,23,24)/t;;19-;;/m..1../s1. The molecule has 0 radical (unpaired) electrons. The summed E-state index contributed by atoms with van der Waals surface area (Å²) in [7, 11) is 4.16. The van der Waals surface area contributed by atoms with Gasteiger partial charge in [-0.25, -0.2) is 49.1 Å². The average Bonchev–Trinajstić information content (AvgIpc) is 0.590. The Morgan fingerprint density at radius 1 is 0.458 bits per heavy atom. The van der Waals surface area contributed by atoms with Crippen LogP contribution in [0.4, 0.5) is 38.7 Å². The summed E-state index contributed by atoms with van der Waals surface area (Å²) in [5.41, 5.74) is 40.2. The number of carbonyl (C=O) groups excluding carboxylic acids is 1. The molecule has 19 nitrogen and oxygen atoms in total. The number of aromatic nitrogens is 8. The van der Waals surface area contributed by atoms with E-state index in [1.165, 1.54) is 76.9 Å². The van der Waals surface area contributed by atoms with Gasteiger partial charge in [-0.05, 0) is 303 Å². The van der Waals surface area contributed by atoms with Crippen molar-refractivity contribution in [1.29, 1.82) is 5.26 Å². The lowest BCUT2D eigenvalue weighted by atomic mass is 9.75. The Morgan fingerprint density at radius 3 is 1.28 bits per heavy atom. The Morgan fingerprint density at radius 2 is 0.833 bits per heavy atom. The van der Waals surface area contributed by atoms with Gasteiger partial charge >= 0.3 is 6.09 Å². The van der Waals surface area contributed by atoms with Crippen molar-refractivity contribution >= 4 is 133 Å². The average molecular weight is 2120 g/mol. The Hall–Kier alpha value is -12.1. The van der Waals surface area contributed by atoms with Gasteiger partial charge in [-0.2, -0.15) is 5.26 Å². The predicted molar refractivity (Wildman–Crippen MR) is 587 cm³/mol. The number of hydrogen-bond donors (Lipinski definition) is 5. The summed E-state index contributed by atoms with van der Waals surface area (Å²) in [6.45, 7) is 13.3. The molecule has 7 aliphatic rings. The third-order valence-corrected chi connectivity index (χ3v) is 30.9. The lowest BCUT2D eigenvalue weighted by molar-refractivity contribution is 0.0210. The number of anilines is 5. The second kappa shape index (κ2) is 46.1. The highest BCUT2D eigenvalue weighted by Crippen LogP contribution is 2.51. The van der Waals surface area contributed by atoms with Crippen molar-refractivity contribution in [2.45, 2.75) is 139 Å². The Kier molecular flexibility index (Phi) is 32.6. The number of rotatable bonds is 17. The maximum absolute atomic E-state index is 13.4. The summed E-state index contributed by atoms with van der Waals surface area (Å²) >= 11 is 46.9. The molecule has 1 amide bonds. The molecule has 0 spiro atoms. The van der Waals surface area contributed by atoms with Gasteiger partial charge in [0.2, 0.25) is 17.8 Å². The molecule has 144 heavy (non-hydrogen) atoms. The van der Waals surface area contributed by atoms with Crippen molar-refractivity contribution in [1.82, 2.24) is 54.6 Å². The molecule has 5 aliphatic carbocycles. The summed E-state index contributed by atoms with van der Waals surface area (Å²) in [4.78, 5) is 55.9. The van der Waals surface area contributed by atoms with Gasteiger partial charge in [0.15, 0.2) is 0 Å². The van der Waals surface area contributed by atoms with Crippen LogP contribution in [0.1, 0.15) is 184 Å². The Bertz CT molecular complexity index is 7240. The van der Waals surface area contributed by atoms with E-state index in [0.29, 0.717) is 72.5 Å². The number of nitrogens with one attached hydrogen (secondary N) is 3. The SMILES string of the molecule is CC(C)(C)OC(=O)N1CCC(Nc2ncc3c(n2)-c2ccccc2C(c2ccc(Cl)c(Cl)c2)C3)CC1.CN(C)CCCNc1ncc2c(n1)-c1ccccc1[C@@H](c1ccc(Cl)c(Cl)c1)C2.Fc1ccc(C2Cc3cnc(NCCCN4CCCCC4)nc3-c3ccccc32)cc1.N#Cc1c(N)ncc2c1-c1ccccc1C(c1ccc(Cl)cc1)C2.Nc1ncc2c(c1Br)-c1ccccc1C(c1ccc(Cl)c(Cl)c1)C2. The van der Waals surface area contributed by atoms with Gasteiger partial charge in [0.05, 0.1) is 51.7 Å². The summed E-state index contributed by atoms with van der Waals surface area (Å²) in [5, 5.41) is 24.0. The molecule has 4 unspecified atom stereocenters. The number of nitrogens with zero attached hydrogens (tertiary/aromatic N) is 12. The first-order chi connectivity index (χ1) is 69.7. The maximum Gasteiger partial charge on any atom is 0.410 e. The smallest absolute Gasteiger partial charge is 0.410 e. The molecule has 7 heterocycles. The van der Waals surface area contributed by atoms with Crippen molar-refractivity contribution in [3.05, 3.63) is 390 Å². The second-order valence-corrected chi connectivity index (χ2v) is 42.3. The fourth-order valence-electron chi connectivity index (χ4n) is 20.5. The maximum atomic E-state index is 13.4. The second-order valence-electron chi connectivity index (χ2n) is 38.6. The van der Waals surface area contributed by atoms with Crippen LogP contribution in [-0.4, -0.2) is 139 Å². The molecule has 10 aromatic carbocycles. The van der Waals surface area contributed by atoms with Crippen LogP contribution in [0.2, 0.25) is 35.2 Å². The number of carbonyl (C=O) groups is 1.